The zero-order valence-corrected chi connectivity index (χ0v) is 15.7. The van der Waals surface area contributed by atoms with E-state index in [2.05, 4.69) is 0 Å². The van der Waals surface area contributed by atoms with Crippen molar-refractivity contribution in [2.75, 3.05) is 26.2 Å². The van der Waals surface area contributed by atoms with E-state index in [0.717, 1.165) is 0 Å². The fraction of sp³-hybridized carbons (Fsp3) is 0.235. The summed E-state index contributed by atoms with van der Waals surface area (Å²) < 4.78 is 26.6. The first kappa shape index (κ1) is 19.3. The van der Waals surface area contributed by atoms with Gasteiger partial charge < -0.3 is 4.90 Å². The third kappa shape index (κ3) is 3.95. The molecule has 2 aromatic rings. The molecule has 1 saturated heterocycles. The number of nitro benzene ring substituents is 1. The summed E-state index contributed by atoms with van der Waals surface area (Å²) in [6.07, 6.45) is 0. The van der Waals surface area contributed by atoms with E-state index in [4.69, 9.17) is 11.6 Å². The molecule has 10 heteroatoms. The van der Waals surface area contributed by atoms with Gasteiger partial charge in [0.2, 0.25) is 10.0 Å². The molecule has 0 radical (unpaired) electrons. The molecule has 142 valence electrons. The second-order valence-corrected chi connectivity index (χ2v) is 8.30. The van der Waals surface area contributed by atoms with Gasteiger partial charge in [-0.2, -0.15) is 4.31 Å². The number of carbonyl (C=O) groups excluding carboxylic acids is 1. The number of sulfonamides is 1. The van der Waals surface area contributed by atoms with Crippen LogP contribution in [0, 0.1) is 10.1 Å². The van der Waals surface area contributed by atoms with Crippen LogP contribution in [0.25, 0.3) is 0 Å². The molecule has 27 heavy (non-hydrogen) atoms. The largest absolute Gasteiger partial charge is 0.336 e. The van der Waals surface area contributed by atoms with Crippen LogP contribution in [0.15, 0.2) is 53.4 Å². The topological polar surface area (TPSA) is 101 Å². The fourth-order valence-electron chi connectivity index (χ4n) is 2.88. The number of nitro groups is 1. The first-order valence-electron chi connectivity index (χ1n) is 8.09. The van der Waals surface area contributed by atoms with Crippen molar-refractivity contribution in [2.24, 2.45) is 0 Å². The predicted molar refractivity (Wildman–Crippen MR) is 99.2 cm³/mol. The molecular formula is C17H16ClN3O5S. The summed E-state index contributed by atoms with van der Waals surface area (Å²) >= 11 is 5.87. The van der Waals surface area contributed by atoms with E-state index in [1.807, 2.05) is 0 Å². The van der Waals surface area contributed by atoms with Gasteiger partial charge in [-0.1, -0.05) is 29.8 Å². The van der Waals surface area contributed by atoms with Crippen molar-refractivity contribution in [3.05, 3.63) is 69.2 Å². The summed E-state index contributed by atoms with van der Waals surface area (Å²) in [6.45, 7) is 0.484. The molecule has 1 fully saturated rings. The summed E-state index contributed by atoms with van der Waals surface area (Å²) in [5, 5.41) is 11.4. The van der Waals surface area contributed by atoms with E-state index in [9.17, 15) is 23.3 Å². The van der Waals surface area contributed by atoms with Crippen molar-refractivity contribution >= 4 is 33.2 Å². The van der Waals surface area contributed by atoms with Crippen LogP contribution in [0.5, 0.6) is 0 Å². The number of nitrogens with zero attached hydrogens (tertiary/aromatic N) is 3. The molecular weight excluding hydrogens is 394 g/mol. The normalized spacial score (nSPS) is 15.5. The third-order valence-electron chi connectivity index (χ3n) is 4.29. The molecule has 1 heterocycles. The smallest absolute Gasteiger partial charge is 0.282 e. The lowest BCUT2D eigenvalue weighted by atomic mass is 10.1. The monoisotopic (exact) mass is 409 g/mol. The van der Waals surface area contributed by atoms with E-state index in [-0.39, 0.29) is 47.3 Å². The Balaban J connectivity index is 1.76. The van der Waals surface area contributed by atoms with Gasteiger partial charge >= 0.3 is 0 Å². The summed E-state index contributed by atoms with van der Waals surface area (Å²) in [7, 11) is -3.64. The number of hydrogen-bond donors (Lipinski definition) is 0. The van der Waals surface area contributed by atoms with Crippen LogP contribution >= 0.6 is 11.6 Å². The zero-order valence-electron chi connectivity index (χ0n) is 14.1. The number of rotatable bonds is 4. The van der Waals surface area contributed by atoms with Gasteiger partial charge in [0, 0.05) is 37.3 Å². The highest BCUT2D eigenvalue weighted by molar-refractivity contribution is 7.89. The minimum Gasteiger partial charge on any atom is -0.336 e. The van der Waals surface area contributed by atoms with E-state index in [1.165, 1.54) is 39.5 Å². The van der Waals surface area contributed by atoms with Crippen molar-refractivity contribution in [3.63, 3.8) is 0 Å². The molecule has 3 rings (SSSR count). The molecule has 0 atom stereocenters. The van der Waals surface area contributed by atoms with Gasteiger partial charge in [0.1, 0.15) is 5.56 Å². The Bertz CT molecular complexity index is 973. The van der Waals surface area contributed by atoms with Crippen molar-refractivity contribution in [2.45, 2.75) is 4.90 Å². The Morgan fingerprint density at radius 1 is 1.04 bits per heavy atom. The minimum absolute atomic E-state index is 0.105. The van der Waals surface area contributed by atoms with Gasteiger partial charge in [0.15, 0.2) is 0 Å². The second-order valence-electron chi connectivity index (χ2n) is 5.93. The van der Waals surface area contributed by atoms with E-state index < -0.39 is 20.9 Å². The van der Waals surface area contributed by atoms with E-state index >= 15 is 0 Å². The van der Waals surface area contributed by atoms with Gasteiger partial charge in [-0.25, -0.2) is 8.42 Å². The molecule has 8 nitrogen and oxygen atoms in total. The number of amides is 1. The lowest BCUT2D eigenvalue weighted by Crippen LogP contribution is -2.50. The number of halogens is 1. The SMILES string of the molecule is O=C(c1cc(Cl)ccc1[N+](=O)[O-])N1CCN(S(=O)(=O)c2ccccc2)CC1. The lowest BCUT2D eigenvalue weighted by Gasteiger charge is -2.34. The van der Waals surface area contributed by atoms with Crippen LogP contribution in [0.1, 0.15) is 10.4 Å². The Morgan fingerprint density at radius 2 is 1.67 bits per heavy atom. The summed E-state index contributed by atoms with van der Waals surface area (Å²) in [5.41, 5.74) is -0.435. The quantitative estimate of drug-likeness (QED) is 0.570. The van der Waals surface area contributed by atoms with Gasteiger partial charge in [-0.15, -0.1) is 0 Å². The van der Waals surface area contributed by atoms with E-state index in [0.29, 0.717) is 0 Å². The lowest BCUT2D eigenvalue weighted by molar-refractivity contribution is -0.385. The molecule has 0 aromatic heterocycles. The van der Waals surface area contributed by atoms with Crippen molar-refractivity contribution in [1.29, 1.82) is 0 Å². The maximum Gasteiger partial charge on any atom is 0.282 e. The molecule has 1 aliphatic rings. The summed E-state index contributed by atoms with van der Waals surface area (Å²) in [6, 6.07) is 11.8. The average Bonchev–Trinajstić information content (AvgIpc) is 2.68. The van der Waals surface area contributed by atoms with Crippen LogP contribution in [0.3, 0.4) is 0 Å². The second kappa shape index (κ2) is 7.63. The number of carbonyl (C=O) groups is 1. The highest BCUT2D eigenvalue weighted by atomic mass is 35.5. The molecule has 0 unspecified atom stereocenters. The first-order chi connectivity index (χ1) is 12.8. The third-order valence-corrected chi connectivity index (χ3v) is 6.44. The van der Waals surface area contributed by atoms with Gasteiger partial charge in [-0.05, 0) is 24.3 Å². The molecule has 2 aromatic carbocycles. The van der Waals surface area contributed by atoms with Gasteiger partial charge in [0.25, 0.3) is 11.6 Å². The van der Waals surface area contributed by atoms with Gasteiger partial charge in [-0.3, -0.25) is 14.9 Å². The fourth-order valence-corrected chi connectivity index (χ4v) is 4.50. The molecule has 0 saturated carbocycles. The minimum atomic E-state index is -3.64. The molecule has 1 aliphatic heterocycles. The Labute approximate surface area is 161 Å². The van der Waals surface area contributed by atoms with Crippen LogP contribution in [0.4, 0.5) is 5.69 Å². The van der Waals surface area contributed by atoms with Crippen LogP contribution in [-0.2, 0) is 10.0 Å². The maximum atomic E-state index is 12.7. The van der Waals surface area contributed by atoms with Gasteiger partial charge in [0.05, 0.1) is 9.82 Å². The number of piperazine rings is 1. The van der Waals surface area contributed by atoms with Crippen LogP contribution < -0.4 is 0 Å². The Kier molecular flexibility index (Phi) is 5.45. The summed E-state index contributed by atoms with van der Waals surface area (Å²) in [5.74, 6) is -0.541. The van der Waals surface area contributed by atoms with Crippen molar-refractivity contribution in [1.82, 2.24) is 9.21 Å². The standard InChI is InChI=1S/C17H16ClN3O5S/c18-13-6-7-16(21(23)24)15(12-13)17(22)19-8-10-20(11-9-19)27(25,26)14-4-2-1-3-5-14/h1-7,12H,8-11H2. The van der Waals surface area contributed by atoms with Crippen molar-refractivity contribution < 1.29 is 18.1 Å². The number of benzene rings is 2. The molecule has 0 bridgehead atoms. The molecule has 1 amide bonds. The van der Waals surface area contributed by atoms with E-state index in [1.54, 1.807) is 18.2 Å². The zero-order chi connectivity index (χ0) is 19.6. The summed E-state index contributed by atoms with van der Waals surface area (Å²) in [4.78, 5) is 24.8. The molecule has 0 spiro atoms. The predicted octanol–water partition coefficient (Wildman–Crippen LogP) is 2.39. The first-order valence-corrected chi connectivity index (χ1v) is 9.91. The number of hydrogen-bond acceptors (Lipinski definition) is 5. The van der Waals surface area contributed by atoms with Crippen molar-refractivity contribution in [3.8, 4) is 0 Å². The molecule has 0 aliphatic carbocycles. The highest BCUT2D eigenvalue weighted by Crippen LogP contribution is 2.25. The van der Waals surface area contributed by atoms with Crippen LogP contribution in [0.2, 0.25) is 5.02 Å². The average molecular weight is 410 g/mol. The Morgan fingerprint density at radius 3 is 2.26 bits per heavy atom. The molecule has 0 N–H and O–H groups in total. The van der Waals surface area contributed by atoms with Crippen LogP contribution in [-0.4, -0.2) is 54.6 Å². The Hall–Kier alpha value is -2.49. The highest BCUT2D eigenvalue weighted by Gasteiger charge is 2.32. The maximum absolute atomic E-state index is 12.7.